The van der Waals surface area contributed by atoms with E-state index < -0.39 is 25.5 Å². The minimum atomic E-state index is -4.72. The van der Waals surface area contributed by atoms with Crippen LogP contribution in [0.5, 0.6) is 0 Å². The second-order valence-corrected chi connectivity index (χ2v) is 7.10. The van der Waals surface area contributed by atoms with Gasteiger partial charge in [-0.15, -0.1) is 0 Å². The molecule has 2 N–H and O–H groups in total. The molecule has 0 aliphatic heterocycles. The molecule has 0 aromatic rings. The van der Waals surface area contributed by atoms with Gasteiger partial charge < -0.3 is 14.5 Å². The minimum Gasteiger partial charge on any atom is -0.456 e. The molecule has 1 unspecified atom stereocenters. The van der Waals surface area contributed by atoms with Crippen molar-refractivity contribution in [2.45, 2.75) is 84.3 Å². The summed E-state index contributed by atoms with van der Waals surface area (Å²) in [5.41, 5.74) is -0.926. The summed E-state index contributed by atoms with van der Waals surface area (Å²) < 4.78 is 22.2. The third-order valence-corrected chi connectivity index (χ3v) is 4.36. The first-order chi connectivity index (χ1) is 10.6. The molecular formula is C16H31O6P. The van der Waals surface area contributed by atoms with E-state index in [-0.39, 0.29) is 5.57 Å². The topological polar surface area (TPSA) is 93.1 Å². The Hall–Kier alpha value is -0.680. The highest BCUT2D eigenvalue weighted by Gasteiger charge is 2.45. The van der Waals surface area contributed by atoms with Crippen molar-refractivity contribution in [3.63, 3.8) is 0 Å². The van der Waals surface area contributed by atoms with E-state index >= 15 is 0 Å². The van der Waals surface area contributed by atoms with Crippen LogP contribution in [0.4, 0.5) is 0 Å². The number of rotatable bonds is 12. The largest absolute Gasteiger partial charge is 0.470 e. The third-order valence-electron chi connectivity index (χ3n) is 3.76. The van der Waals surface area contributed by atoms with E-state index in [1.807, 2.05) is 20.8 Å². The van der Waals surface area contributed by atoms with Gasteiger partial charge in [-0.25, -0.2) is 9.36 Å². The molecule has 0 bridgehead atoms. The van der Waals surface area contributed by atoms with Gasteiger partial charge in [0.2, 0.25) is 0 Å². The van der Waals surface area contributed by atoms with E-state index in [4.69, 9.17) is 9.26 Å². The molecule has 0 amide bonds. The number of carbonyl (C=O) groups excluding carboxylic acids is 1. The number of ether oxygens (including phenoxy) is 1. The quantitative estimate of drug-likeness (QED) is 0.312. The van der Waals surface area contributed by atoms with Crippen LogP contribution in [0.25, 0.3) is 0 Å². The summed E-state index contributed by atoms with van der Waals surface area (Å²) in [6.45, 7) is 10.9. The molecule has 0 heterocycles. The standard InChI is InChI=1S/C16H31O6P/c1-6-9-11-16(12-10-7-2,22-23(18,19)20)14(8-3)21-15(17)13(4)5/h14H,4,6-12H2,1-3,5H3,(H2,18,19,20). The van der Waals surface area contributed by atoms with Gasteiger partial charge in [-0.1, -0.05) is 53.0 Å². The fraction of sp³-hybridized carbons (Fsp3) is 0.812. The highest BCUT2D eigenvalue weighted by molar-refractivity contribution is 7.46. The first kappa shape index (κ1) is 22.3. The molecule has 0 aliphatic rings. The average Bonchev–Trinajstić information content (AvgIpc) is 2.45. The maximum Gasteiger partial charge on any atom is 0.470 e. The minimum absolute atomic E-state index is 0.250. The van der Waals surface area contributed by atoms with Crippen molar-refractivity contribution in [2.24, 2.45) is 0 Å². The Labute approximate surface area is 139 Å². The normalized spacial score (nSPS) is 13.7. The van der Waals surface area contributed by atoms with Crippen molar-refractivity contribution in [3.05, 3.63) is 12.2 Å². The highest BCUT2D eigenvalue weighted by Crippen LogP contribution is 2.48. The molecule has 0 aromatic carbocycles. The first-order valence-corrected chi connectivity index (χ1v) is 9.77. The lowest BCUT2D eigenvalue weighted by atomic mass is 9.84. The molecule has 23 heavy (non-hydrogen) atoms. The number of unbranched alkanes of at least 4 members (excludes halogenated alkanes) is 2. The van der Waals surface area contributed by atoms with Crippen molar-refractivity contribution in [1.82, 2.24) is 0 Å². The summed E-state index contributed by atoms with van der Waals surface area (Å²) in [4.78, 5) is 30.6. The number of carbonyl (C=O) groups is 1. The van der Waals surface area contributed by atoms with Crippen molar-refractivity contribution in [1.29, 1.82) is 0 Å². The van der Waals surface area contributed by atoms with E-state index in [1.165, 1.54) is 0 Å². The summed E-state index contributed by atoms with van der Waals surface area (Å²) in [6, 6.07) is 0. The summed E-state index contributed by atoms with van der Waals surface area (Å²) in [5.74, 6) is -0.566. The van der Waals surface area contributed by atoms with Gasteiger partial charge in [0.15, 0.2) is 0 Å². The Morgan fingerprint density at radius 3 is 1.96 bits per heavy atom. The van der Waals surface area contributed by atoms with Crippen LogP contribution in [-0.4, -0.2) is 27.5 Å². The zero-order valence-corrected chi connectivity index (χ0v) is 15.6. The number of hydrogen-bond donors (Lipinski definition) is 2. The number of phosphoric ester groups is 1. The predicted octanol–water partition coefficient (Wildman–Crippen LogP) is 4.11. The number of esters is 1. The van der Waals surface area contributed by atoms with Gasteiger partial charge in [-0.05, 0) is 26.2 Å². The Morgan fingerprint density at radius 1 is 1.17 bits per heavy atom. The smallest absolute Gasteiger partial charge is 0.456 e. The Morgan fingerprint density at radius 2 is 1.65 bits per heavy atom. The van der Waals surface area contributed by atoms with Gasteiger partial charge in [-0.2, -0.15) is 0 Å². The highest BCUT2D eigenvalue weighted by atomic mass is 31.2. The molecule has 0 rings (SSSR count). The maximum atomic E-state index is 11.9. The third kappa shape index (κ3) is 8.11. The second-order valence-electron chi connectivity index (χ2n) is 5.94. The lowest BCUT2D eigenvalue weighted by molar-refractivity contribution is -0.162. The summed E-state index contributed by atoms with van der Waals surface area (Å²) in [5, 5.41) is 0. The number of phosphoric acid groups is 1. The summed E-state index contributed by atoms with van der Waals surface area (Å²) in [6.07, 6.45) is 3.69. The van der Waals surface area contributed by atoms with Crippen LogP contribution in [0.2, 0.25) is 0 Å². The van der Waals surface area contributed by atoms with Crippen LogP contribution in [0.15, 0.2) is 12.2 Å². The van der Waals surface area contributed by atoms with Gasteiger partial charge in [-0.3, -0.25) is 4.52 Å². The maximum absolute atomic E-state index is 11.9. The second kappa shape index (κ2) is 10.2. The molecule has 0 aliphatic carbocycles. The Balaban J connectivity index is 5.62. The molecule has 136 valence electrons. The monoisotopic (exact) mass is 350 g/mol. The van der Waals surface area contributed by atoms with Crippen molar-refractivity contribution in [2.75, 3.05) is 0 Å². The van der Waals surface area contributed by atoms with Gasteiger partial charge in [0.1, 0.15) is 11.7 Å². The van der Waals surface area contributed by atoms with Gasteiger partial charge in [0, 0.05) is 5.57 Å². The number of hydrogen-bond acceptors (Lipinski definition) is 4. The van der Waals surface area contributed by atoms with Crippen LogP contribution in [0, 0.1) is 0 Å². The molecule has 0 saturated carbocycles. The van der Waals surface area contributed by atoms with E-state index in [0.29, 0.717) is 19.3 Å². The first-order valence-electron chi connectivity index (χ1n) is 8.24. The zero-order chi connectivity index (χ0) is 18.1. The summed E-state index contributed by atoms with van der Waals surface area (Å²) in [7, 11) is -4.72. The van der Waals surface area contributed by atoms with Gasteiger partial charge in [0.05, 0.1) is 0 Å². The van der Waals surface area contributed by atoms with Crippen molar-refractivity contribution in [3.8, 4) is 0 Å². The van der Waals surface area contributed by atoms with Crippen LogP contribution in [0.1, 0.15) is 72.6 Å². The fourth-order valence-corrected chi connectivity index (χ4v) is 3.35. The molecule has 0 aromatic heterocycles. The van der Waals surface area contributed by atoms with Crippen molar-refractivity contribution >= 4 is 13.8 Å². The van der Waals surface area contributed by atoms with E-state index in [0.717, 1.165) is 25.7 Å². The fourth-order valence-electron chi connectivity index (χ4n) is 2.58. The Kier molecular flexibility index (Phi) is 9.94. The van der Waals surface area contributed by atoms with Crippen LogP contribution < -0.4 is 0 Å². The van der Waals surface area contributed by atoms with E-state index in [1.54, 1.807) is 6.92 Å². The predicted molar refractivity (Wildman–Crippen MR) is 89.9 cm³/mol. The lowest BCUT2D eigenvalue weighted by Gasteiger charge is -2.39. The SMILES string of the molecule is C=C(C)C(=O)OC(CC)C(CCCC)(CCCC)OP(=O)(O)O. The van der Waals surface area contributed by atoms with Gasteiger partial charge >= 0.3 is 13.8 Å². The molecule has 0 saturated heterocycles. The van der Waals surface area contributed by atoms with E-state index in [2.05, 4.69) is 6.58 Å². The molecule has 7 heteroatoms. The molecule has 0 radical (unpaired) electrons. The average molecular weight is 350 g/mol. The summed E-state index contributed by atoms with van der Waals surface area (Å²) >= 11 is 0. The zero-order valence-electron chi connectivity index (χ0n) is 14.7. The van der Waals surface area contributed by atoms with Crippen LogP contribution >= 0.6 is 7.82 Å². The van der Waals surface area contributed by atoms with Crippen molar-refractivity contribution < 1.29 is 28.4 Å². The van der Waals surface area contributed by atoms with Gasteiger partial charge in [0.25, 0.3) is 0 Å². The van der Waals surface area contributed by atoms with E-state index in [9.17, 15) is 19.1 Å². The van der Waals surface area contributed by atoms with Crippen LogP contribution in [-0.2, 0) is 18.6 Å². The lowest BCUT2D eigenvalue weighted by Crippen LogP contribution is -2.46. The molecule has 1 atom stereocenters. The molecule has 0 fully saturated rings. The van der Waals surface area contributed by atoms with Crippen LogP contribution in [0.3, 0.4) is 0 Å². The molecule has 0 spiro atoms. The Bertz CT molecular complexity index is 420. The molecular weight excluding hydrogens is 319 g/mol. The molecule has 6 nitrogen and oxygen atoms in total.